The number of unbranched alkanes of at least 4 members (excludes halogenated alkanes) is 3. The molecule has 2 rings (SSSR count). The number of aromatic nitrogens is 2. The predicted molar refractivity (Wildman–Crippen MR) is 90.3 cm³/mol. The van der Waals surface area contributed by atoms with Crippen LogP contribution < -0.4 is 17.0 Å². The number of H-pyrrole nitrogens is 1. The fourth-order valence-electron chi connectivity index (χ4n) is 2.90. The highest BCUT2D eigenvalue weighted by molar-refractivity contribution is 5.03. The molecule has 1 aromatic rings. The molecule has 0 saturated carbocycles. The maximum absolute atomic E-state index is 12.0. The van der Waals surface area contributed by atoms with E-state index in [0.717, 1.165) is 30.3 Å². The number of ether oxygens (including phenoxy) is 2. The van der Waals surface area contributed by atoms with Gasteiger partial charge in [0.25, 0.3) is 5.56 Å². The predicted octanol–water partition coefficient (Wildman–Crippen LogP) is -1.00. The lowest BCUT2D eigenvalue weighted by molar-refractivity contribution is -0.0626. The molecule has 9 heteroatoms. The fraction of sp³-hybridized carbons (Fsp3) is 0.750. The van der Waals surface area contributed by atoms with E-state index in [1.54, 1.807) is 6.92 Å². The van der Waals surface area contributed by atoms with Gasteiger partial charge in [-0.1, -0.05) is 12.8 Å². The molecule has 1 fully saturated rings. The number of aliphatic hydroxyl groups excluding tert-OH is 2. The van der Waals surface area contributed by atoms with Crippen molar-refractivity contribution < 1.29 is 19.7 Å². The maximum Gasteiger partial charge on any atom is 0.330 e. The largest absolute Gasteiger partial charge is 0.394 e. The summed E-state index contributed by atoms with van der Waals surface area (Å²) in [5.74, 6) is 0. The van der Waals surface area contributed by atoms with Gasteiger partial charge in [0.05, 0.1) is 6.61 Å². The van der Waals surface area contributed by atoms with Crippen molar-refractivity contribution in [1.82, 2.24) is 9.55 Å². The molecule has 0 radical (unpaired) electrons. The third-order valence-electron chi connectivity index (χ3n) is 4.32. The first-order valence-electron chi connectivity index (χ1n) is 8.57. The lowest BCUT2D eigenvalue weighted by Gasteiger charge is -2.20. The van der Waals surface area contributed by atoms with Crippen molar-refractivity contribution in [1.29, 1.82) is 0 Å². The Morgan fingerprint density at radius 3 is 2.72 bits per heavy atom. The molecule has 0 bridgehead atoms. The number of nitrogens with two attached hydrogens (primary N) is 1. The first-order chi connectivity index (χ1) is 12.0. The summed E-state index contributed by atoms with van der Waals surface area (Å²) in [6, 6.07) is 0. The summed E-state index contributed by atoms with van der Waals surface area (Å²) < 4.78 is 12.4. The number of aromatic amines is 1. The van der Waals surface area contributed by atoms with Gasteiger partial charge < -0.3 is 25.4 Å². The number of nitrogens with zero attached hydrogens (tertiary/aromatic N) is 1. The smallest absolute Gasteiger partial charge is 0.330 e. The Morgan fingerprint density at radius 2 is 2.04 bits per heavy atom. The van der Waals surface area contributed by atoms with Gasteiger partial charge in [-0.15, -0.1) is 0 Å². The standard InChI is InChI=1S/C16H27N3O6/c1-10-8-19(16(23)18-14(10)22)15-12(21)13(11(9-20)25-15)24-7-5-3-2-4-6-17/h8,11-13,15,20-21H,2-7,9,17H2,1H3,(H,18,22,23)/t11-,12?,13?,15-/m0/s1. The third-order valence-corrected chi connectivity index (χ3v) is 4.32. The van der Waals surface area contributed by atoms with Crippen molar-refractivity contribution in [3.8, 4) is 0 Å². The first kappa shape index (κ1) is 19.8. The Morgan fingerprint density at radius 1 is 1.32 bits per heavy atom. The van der Waals surface area contributed by atoms with Crippen molar-refractivity contribution in [2.45, 2.75) is 57.1 Å². The van der Waals surface area contributed by atoms with Crippen LogP contribution in [0.1, 0.15) is 37.5 Å². The van der Waals surface area contributed by atoms with Crippen molar-refractivity contribution >= 4 is 0 Å². The Balaban J connectivity index is 2.02. The second-order valence-corrected chi connectivity index (χ2v) is 6.26. The minimum absolute atomic E-state index is 0.320. The molecule has 2 unspecified atom stereocenters. The van der Waals surface area contributed by atoms with Gasteiger partial charge in [0.15, 0.2) is 6.23 Å². The molecule has 0 amide bonds. The molecule has 1 aliphatic rings. The number of hydrogen-bond acceptors (Lipinski definition) is 7. The maximum atomic E-state index is 12.0. The van der Waals surface area contributed by atoms with E-state index < -0.39 is 35.8 Å². The van der Waals surface area contributed by atoms with Gasteiger partial charge in [-0.05, 0) is 26.3 Å². The van der Waals surface area contributed by atoms with E-state index in [1.807, 2.05) is 0 Å². The van der Waals surface area contributed by atoms with Gasteiger partial charge in [0.1, 0.15) is 18.3 Å². The molecule has 0 spiro atoms. The van der Waals surface area contributed by atoms with E-state index in [1.165, 1.54) is 6.20 Å². The Labute approximate surface area is 145 Å². The van der Waals surface area contributed by atoms with E-state index in [2.05, 4.69) is 4.98 Å². The van der Waals surface area contributed by atoms with Crippen LogP contribution in [0.2, 0.25) is 0 Å². The molecule has 0 aromatic carbocycles. The van der Waals surface area contributed by atoms with Crippen molar-refractivity contribution in [2.24, 2.45) is 5.73 Å². The van der Waals surface area contributed by atoms with Gasteiger partial charge >= 0.3 is 5.69 Å². The summed E-state index contributed by atoms with van der Waals surface area (Å²) in [6.07, 6.45) is 1.43. The Bertz CT molecular complexity index is 658. The summed E-state index contributed by atoms with van der Waals surface area (Å²) in [5, 5.41) is 20.0. The topological polar surface area (TPSA) is 140 Å². The highest BCUT2D eigenvalue weighted by Gasteiger charge is 2.45. The fourth-order valence-corrected chi connectivity index (χ4v) is 2.90. The number of aliphatic hydroxyl groups is 2. The molecule has 1 aliphatic heterocycles. The molecule has 1 aromatic heterocycles. The third kappa shape index (κ3) is 4.77. The van der Waals surface area contributed by atoms with Crippen molar-refractivity contribution in [3.05, 3.63) is 32.6 Å². The SMILES string of the molecule is Cc1cn([C@H]2O[C@@H](CO)C(OCCCCCCN)C2O)c(=O)[nH]c1=O. The van der Waals surface area contributed by atoms with Gasteiger partial charge in [-0.25, -0.2) is 4.79 Å². The van der Waals surface area contributed by atoms with E-state index in [4.69, 9.17) is 15.2 Å². The highest BCUT2D eigenvalue weighted by Crippen LogP contribution is 2.30. The second kappa shape index (κ2) is 9.25. The average Bonchev–Trinajstić information content (AvgIpc) is 2.90. The molecular formula is C16H27N3O6. The average molecular weight is 357 g/mol. The number of hydrogen-bond donors (Lipinski definition) is 4. The van der Waals surface area contributed by atoms with Crippen LogP contribution >= 0.6 is 0 Å². The van der Waals surface area contributed by atoms with Gasteiger partial charge in [0, 0.05) is 18.4 Å². The highest BCUT2D eigenvalue weighted by atomic mass is 16.6. The zero-order valence-corrected chi connectivity index (χ0v) is 14.4. The van der Waals surface area contributed by atoms with Crippen LogP contribution in [-0.2, 0) is 9.47 Å². The van der Waals surface area contributed by atoms with Crippen molar-refractivity contribution in [3.63, 3.8) is 0 Å². The number of rotatable bonds is 9. The Kier molecular flexibility index (Phi) is 7.33. The van der Waals surface area contributed by atoms with Crippen LogP contribution in [0, 0.1) is 6.92 Å². The van der Waals surface area contributed by atoms with Crippen molar-refractivity contribution in [2.75, 3.05) is 19.8 Å². The zero-order chi connectivity index (χ0) is 18.4. The molecule has 1 saturated heterocycles. The molecule has 2 heterocycles. The molecule has 4 atom stereocenters. The van der Waals surface area contributed by atoms with E-state index in [-0.39, 0.29) is 6.61 Å². The monoisotopic (exact) mass is 357 g/mol. The molecule has 25 heavy (non-hydrogen) atoms. The quantitative estimate of drug-likeness (QED) is 0.416. The van der Waals surface area contributed by atoms with E-state index >= 15 is 0 Å². The van der Waals surface area contributed by atoms with Gasteiger partial charge in [0.2, 0.25) is 0 Å². The number of aryl methyl sites for hydroxylation is 1. The zero-order valence-electron chi connectivity index (χ0n) is 14.4. The normalized spacial score (nSPS) is 26.2. The summed E-state index contributed by atoms with van der Waals surface area (Å²) in [7, 11) is 0. The van der Waals surface area contributed by atoms with Crippen LogP contribution in [0.3, 0.4) is 0 Å². The summed E-state index contributed by atoms with van der Waals surface area (Å²) in [4.78, 5) is 25.6. The summed E-state index contributed by atoms with van der Waals surface area (Å²) >= 11 is 0. The van der Waals surface area contributed by atoms with Crippen LogP contribution in [0.15, 0.2) is 15.8 Å². The lowest BCUT2D eigenvalue weighted by atomic mass is 10.1. The van der Waals surface area contributed by atoms with E-state index in [0.29, 0.717) is 18.7 Å². The number of nitrogens with one attached hydrogen (secondary N) is 1. The molecule has 142 valence electrons. The minimum Gasteiger partial charge on any atom is -0.394 e. The molecule has 9 nitrogen and oxygen atoms in total. The summed E-state index contributed by atoms with van der Waals surface area (Å²) in [6.45, 7) is 2.29. The van der Waals surface area contributed by atoms with Crippen LogP contribution in [0.25, 0.3) is 0 Å². The minimum atomic E-state index is -1.14. The van der Waals surface area contributed by atoms with E-state index in [9.17, 15) is 19.8 Å². The Hall–Kier alpha value is -1.52. The molecule has 0 aliphatic carbocycles. The van der Waals surface area contributed by atoms with Crippen LogP contribution in [-0.4, -0.2) is 57.8 Å². The van der Waals surface area contributed by atoms with Crippen LogP contribution in [0.5, 0.6) is 0 Å². The first-order valence-corrected chi connectivity index (χ1v) is 8.57. The van der Waals surface area contributed by atoms with Crippen LogP contribution in [0.4, 0.5) is 0 Å². The molecular weight excluding hydrogens is 330 g/mol. The van der Waals surface area contributed by atoms with Gasteiger partial charge in [-0.2, -0.15) is 0 Å². The van der Waals surface area contributed by atoms with Gasteiger partial charge in [-0.3, -0.25) is 14.3 Å². The second-order valence-electron chi connectivity index (χ2n) is 6.26. The molecule has 5 N–H and O–H groups in total. The summed E-state index contributed by atoms with van der Waals surface area (Å²) in [5.41, 5.74) is 4.59. The lowest BCUT2D eigenvalue weighted by Crippen LogP contribution is -2.39.